The lowest BCUT2D eigenvalue weighted by atomic mass is 9.81. The fourth-order valence-electron chi connectivity index (χ4n) is 6.03. The van der Waals surface area contributed by atoms with Gasteiger partial charge in [-0.1, -0.05) is 12.1 Å². The maximum atomic E-state index is 13.0. The number of hydrogen-bond acceptors (Lipinski definition) is 4. The molecule has 6 heteroatoms. The second-order valence-corrected chi connectivity index (χ2v) is 9.23. The number of amides is 3. The molecule has 3 fully saturated rings. The summed E-state index contributed by atoms with van der Waals surface area (Å²) < 4.78 is 0. The van der Waals surface area contributed by atoms with Crippen LogP contribution in [0.25, 0.3) is 10.9 Å². The van der Waals surface area contributed by atoms with Gasteiger partial charge < -0.3 is 5.32 Å². The van der Waals surface area contributed by atoms with E-state index in [9.17, 15) is 14.4 Å². The molecule has 3 aromatic rings. The summed E-state index contributed by atoms with van der Waals surface area (Å²) in [5, 5.41) is 3.93. The van der Waals surface area contributed by atoms with Gasteiger partial charge in [0, 0.05) is 17.1 Å². The maximum absolute atomic E-state index is 13.0. The first-order valence-corrected chi connectivity index (χ1v) is 11.2. The van der Waals surface area contributed by atoms with Gasteiger partial charge in [0.1, 0.15) is 0 Å². The smallest absolute Gasteiger partial charge is 0.255 e. The van der Waals surface area contributed by atoms with E-state index in [1.807, 2.05) is 31.2 Å². The quantitative estimate of drug-likeness (QED) is 0.634. The Labute approximate surface area is 185 Å². The number of aromatic nitrogens is 1. The Bertz CT molecular complexity index is 1260. The van der Waals surface area contributed by atoms with Crippen LogP contribution in [0.4, 0.5) is 11.4 Å². The lowest BCUT2D eigenvalue weighted by Gasteiger charge is -2.19. The van der Waals surface area contributed by atoms with Crippen molar-refractivity contribution in [2.45, 2.75) is 26.2 Å². The Balaban J connectivity index is 1.24. The molecule has 3 amide bonds. The van der Waals surface area contributed by atoms with Crippen LogP contribution in [-0.2, 0) is 9.59 Å². The summed E-state index contributed by atoms with van der Waals surface area (Å²) in [6.45, 7) is 2.01. The Morgan fingerprint density at radius 1 is 0.969 bits per heavy atom. The summed E-state index contributed by atoms with van der Waals surface area (Å²) in [6.07, 6.45) is 4.86. The molecule has 2 saturated carbocycles. The van der Waals surface area contributed by atoms with Gasteiger partial charge in [-0.15, -0.1) is 0 Å². The zero-order valence-corrected chi connectivity index (χ0v) is 17.7. The van der Waals surface area contributed by atoms with E-state index in [2.05, 4.69) is 10.3 Å². The monoisotopic (exact) mass is 425 g/mol. The summed E-state index contributed by atoms with van der Waals surface area (Å²) in [7, 11) is 0. The number of carbonyl (C=O) groups excluding carboxylic acids is 3. The molecule has 6 nitrogen and oxygen atoms in total. The number of nitrogens with zero attached hydrogens (tertiary/aromatic N) is 2. The van der Waals surface area contributed by atoms with E-state index < -0.39 is 0 Å². The SMILES string of the molecule is Cc1ccnc2c(NC(=O)c3ccc(N4C(=O)[C@@H]5[C@@H]6CC[C@@H](C6)[C@@H]5C4=O)cc3)cccc12. The Kier molecular flexibility index (Phi) is 4.18. The zero-order valence-electron chi connectivity index (χ0n) is 17.7. The Morgan fingerprint density at radius 3 is 2.34 bits per heavy atom. The molecular weight excluding hydrogens is 402 g/mol. The molecular formula is C26H23N3O3. The van der Waals surface area contributed by atoms with Crippen LogP contribution in [0.15, 0.2) is 54.7 Å². The fourth-order valence-corrected chi connectivity index (χ4v) is 6.03. The van der Waals surface area contributed by atoms with Gasteiger partial charge in [0.25, 0.3) is 5.91 Å². The average Bonchev–Trinajstić information content (AvgIpc) is 3.48. The minimum atomic E-state index is -0.263. The number of aryl methyl sites for hydroxylation is 1. The predicted molar refractivity (Wildman–Crippen MR) is 121 cm³/mol. The molecule has 2 aromatic carbocycles. The third-order valence-electron chi connectivity index (χ3n) is 7.55. The number of para-hydroxylation sites is 1. The number of nitrogens with one attached hydrogen (secondary N) is 1. The topological polar surface area (TPSA) is 79.4 Å². The van der Waals surface area contributed by atoms with Crippen molar-refractivity contribution in [2.24, 2.45) is 23.7 Å². The number of hydrogen-bond donors (Lipinski definition) is 1. The van der Waals surface area contributed by atoms with Crippen LogP contribution in [0.2, 0.25) is 0 Å². The highest BCUT2D eigenvalue weighted by molar-refractivity contribution is 6.22. The number of imide groups is 1. The van der Waals surface area contributed by atoms with E-state index in [0.29, 0.717) is 28.8 Å². The summed E-state index contributed by atoms with van der Waals surface area (Å²) in [5.41, 5.74) is 3.49. The second-order valence-electron chi connectivity index (χ2n) is 9.23. The minimum absolute atomic E-state index is 0.0680. The molecule has 160 valence electrons. The van der Waals surface area contributed by atoms with E-state index >= 15 is 0 Å². The first-order valence-electron chi connectivity index (χ1n) is 11.2. The highest BCUT2D eigenvalue weighted by Gasteiger charge is 2.61. The standard InChI is InChI=1S/C26H23N3O3/c1-14-11-12-27-23-19(14)3-2-4-20(23)28-24(30)15-7-9-18(10-8-15)29-25(31)21-16-5-6-17(13-16)22(21)26(29)32/h2-4,7-12,16-17,21-22H,5-6,13H2,1H3,(H,28,30)/t16-,17+,21-,22+. The van der Waals surface area contributed by atoms with Crippen LogP contribution in [0.1, 0.15) is 35.2 Å². The van der Waals surface area contributed by atoms with Gasteiger partial charge in [-0.3, -0.25) is 24.3 Å². The van der Waals surface area contributed by atoms with Crippen molar-refractivity contribution in [3.05, 3.63) is 65.9 Å². The Hall–Kier alpha value is -3.54. The van der Waals surface area contributed by atoms with Crippen LogP contribution in [0.3, 0.4) is 0 Å². The number of fused-ring (bicyclic) bond motifs is 6. The van der Waals surface area contributed by atoms with Gasteiger partial charge in [0.15, 0.2) is 0 Å². The third kappa shape index (κ3) is 2.72. The number of anilines is 2. The zero-order chi connectivity index (χ0) is 22.0. The molecule has 0 unspecified atom stereocenters. The Morgan fingerprint density at radius 2 is 1.66 bits per heavy atom. The minimum Gasteiger partial charge on any atom is -0.320 e. The van der Waals surface area contributed by atoms with E-state index in [1.54, 1.807) is 30.5 Å². The molecule has 4 atom stereocenters. The van der Waals surface area contributed by atoms with Gasteiger partial charge in [-0.05, 0) is 80.0 Å². The molecule has 0 spiro atoms. The van der Waals surface area contributed by atoms with Crippen molar-refractivity contribution >= 4 is 40.0 Å². The molecule has 0 radical (unpaired) electrons. The highest BCUT2D eigenvalue weighted by Crippen LogP contribution is 2.56. The molecule has 6 rings (SSSR count). The lowest BCUT2D eigenvalue weighted by molar-refractivity contribution is -0.123. The van der Waals surface area contributed by atoms with E-state index in [4.69, 9.17) is 0 Å². The van der Waals surface area contributed by atoms with Crippen LogP contribution >= 0.6 is 0 Å². The molecule has 2 heterocycles. The van der Waals surface area contributed by atoms with Gasteiger partial charge in [0.2, 0.25) is 11.8 Å². The molecule has 1 saturated heterocycles. The van der Waals surface area contributed by atoms with Gasteiger partial charge in [0.05, 0.1) is 28.7 Å². The van der Waals surface area contributed by atoms with Crippen LogP contribution < -0.4 is 10.2 Å². The van der Waals surface area contributed by atoms with Crippen LogP contribution in [0.5, 0.6) is 0 Å². The summed E-state index contributed by atoms with van der Waals surface area (Å²) in [4.78, 5) is 44.7. The van der Waals surface area contributed by atoms with Crippen molar-refractivity contribution in [1.29, 1.82) is 0 Å². The highest BCUT2D eigenvalue weighted by atomic mass is 16.2. The summed E-state index contributed by atoms with van der Waals surface area (Å²) in [5.74, 6) is 0.0199. The number of benzene rings is 2. The average molecular weight is 425 g/mol. The van der Waals surface area contributed by atoms with Crippen molar-refractivity contribution in [1.82, 2.24) is 4.98 Å². The number of rotatable bonds is 3. The van der Waals surface area contributed by atoms with Crippen LogP contribution in [-0.4, -0.2) is 22.7 Å². The molecule has 1 N–H and O–H groups in total. The predicted octanol–water partition coefficient (Wildman–Crippen LogP) is 4.33. The van der Waals surface area contributed by atoms with Crippen molar-refractivity contribution in [3.8, 4) is 0 Å². The van der Waals surface area contributed by atoms with E-state index in [1.165, 1.54) is 4.90 Å². The second kappa shape index (κ2) is 6.99. The molecule has 2 bridgehead atoms. The molecule has 32 heavy (non-hydrogen) atoms. The van der Waals surface area contributed by atoms with Crippen LogP contribution in [0, 0.1) is 30.6 Å². The molecule has 2 aliphatic carbocycles. The first-order chi connectivity index (χ1) is 15.5. The number of pyridine rings is 1. The van der Waals surface area contributed by atoms with Gasteiger partial charge in [-0.2, -0.15) is 0 Å². The van der Waals surface area contributed by atoms with Crippen molar-refractivity contribution < 1.29 is 14.4 Å². The maximum Gasteiger partial charge on any atom is 0.255 e. The fraction of sp³-hybridized carbons (Fsp3) is 0.308. The first kappa shape index (κ1) is 19.2. The van der Waals surface area contributed by atoms with Crippen molar-refractivity contribution in [2.75, 3.05) is 10.2 Å². The lowest BCUT2D eigenvalue weighted by Crippen LogP contribution is -2.32. The summed E-state index contributed by atoms with van der Waals surface area (Å²) in [6, 6.07) is 14.4. The van der Waals surface area contributed by atoms with Gasteiger partial charge >= 0.3 is 0 Å². The van der Waals surface area contributed by atoms with E-state index in [-0.39, 0.29) is 29.6 Å². The molecule has 3 aliphatic rings. The number of carbonyl (C=O) groups is 3. The van der Waals surface area contributed by atoms with Crippen molar-refractivity contribution in [3.63, 3.8) is 0 Å². The van der Waals surface area contributed by atoms with Gasteiger partial charge in [-0.25, -0.2) is 0 Å². The summed E-state index contributed by atoms with van der Waals surface area (Å²) >= 11 is 0. The third-order valence-corrected chi connectivity index (χ3v) is 7.55. The van der Waals surface area contributed by atoms with E-state index in [0.717, 1.165) is 35.7 Å². The normalized spacial score (nSPS) is 26.1. The largest absolute Gasteiger partial charge is 0.320 e. The molecule has 1 aromatic heterocycles. The molecule has 1 aliphatic heterocycles.